The maximum atomic E-state index is 12.1. The van der Waals surface area contributed by atoms with Gasteiger partial charge >= 0.3 is 0 Å². The number of hydrogen-bond donors (Lipinski definition) is 3. The van der Waals surface area contributed by atoms with Crippen LogP contribution in [-0.4, -0.2) is 44.6 Å². The van der Waals surface area contributed by atoms with E-state index in [9.17, 15) is 9.90 Å². The standard InChI is InChI=1S/C16H16N4O4S/c21-9-12(22)16-19-18-14(25-16)6-7-17-15(23)11-8-13(24-20-11)10-4-2-1-3-5-10/h1-5,8,12,21-22H,6-7,9H2,(H,17,23)/t12-/m0/s1. The summed E-state index contributed by atoms with van der Waals surface area (Å²) in [6.45, 7) is -0.0580. The highest BCUT2D eigenvalue weighted by atomic mass is 32.1. The number of carbonyl (C=O) groups is 1. The molecule has 1 aromatic carbocycles. The minimum absolute atomic E-state index is 0.201. The molecule has 25 heavy (non-hydrogen) atoms. The van der Waals surface area contributed by atoms with E-state index < -0.39 is 12.7 Å². The highest BCUT2D eigenvalue weighted by Gasteiger charge is 2.15. The van der Waals surface area contributed by atoms with E-state index >= 15 is 0 Å². The Kier molecular flexibility index (Phi) is 5.49. The van der Waals surface area contributed by atoms with Gasteiger partial charge in [0.05, 0.1) is 6.61 Å². The van der Waals surface area contributed by atoms with Crippen LogP contribution in [0.15, 0.2) is 40.9 Å². The van der Waals surface area contributed by atoms with E-state index in [1.807, 2.05) is 30.3 Å². The molecule has 0 aliphatic rings. The minimum Gasteiger partial charge on any atom is -0.393 e. The van der Waals surface area contributed by atoms with E-state index in [0.717, 1.165) is 5.56 Å². The Bertz CT molecular complexity index is 834. The highest BCUT2D eigenvalue weighted by molar-refractivity contribution is 7.11. The van der Waals surface area contributed by atoms with Crippen molar-refractivity contribution < 1.29 is 19.5 Å². The lowest BCUT2D eigenvalue weighted by Crippen LogP contribution is -2.25. The van der Waals surface area contributed by atoms with Gasteiger partial charge in [0.15, 0.2) is 11.5 Å². The molecule has 0 saturated heterocycles. The maximum absolute atomic E-state index is 12.1. The van der Waals surface area contributed by atoms with E-state index in [4.69, 9.17) is 9.63 Å². The van der Waals surface area contributed by atoms with Gasteiger partial charge in [0.25, 0.3) is 5.91 Å². The number of aromatic nitrogens is 3. The van der Waals surface area contributed by atoms with Crippen molar-refractivity contribution in [2.75, 3.05) is 13.2 Å². The maximum Gasteiger partial charge on any atom is 0.273 e. The van der Waals surface area contributed by atoms with Gasteiger partial charge in [-0.25, -0.2) is 0 Å². The number of carbonyl (C=O) groups excluding carboxylic acids is 1. The van der Waals surface area contributed by atoms with Gasteiger partial charge in [-0.05, 0) is 0 Å². The van der Waals surface area contributed by atoms with E-state index in [2.05, 4.69) is 20.7 Å². The van der Waals surface area contributed by atoms with Gasteiger partial charge < -0.3 is 20.1 Å². The first-order chi connectivity index (χ1) is 12.2. The summed E-state index contributed by atoms with van der Waals surface area (Å²) in [4.78, 5) is 12.1. The molecule has 0 fully saturated rings. The number of benzene rings is 1. The van der Waals surface area contributed by atoms with E-state index in [-0.39, 0.29) is 11.6 Å². The summed E-state index contributed by atoms with van der Waals surface area (Å²) in [5, 5.41) is 33.6. The molecule has 8 nitrogen and oxygen atoms in total. The molecule has 1 amide bonds. The van der Waals surface area contributed by atoms with Crippen molar-refractivity contribution in [3.63, 3.8) is 0 Å². The first-order valence-electron chi connectivity index (χ1n) is 7.59. The van der Waals surface area contributed by atoms with Crippen LogP contribution < -0.4 is 5.32 Å². The van der Waals surface area contributed by atoms with E-state index in [0.29, 0.717) is 28.7 Å². The molecule has 0 aliphatic heterocycles. The van der Waals surface area contributed by atoms with Crippen LogP contribution in [0, 0.1) is 0 Å². The quantitative estimate of drug-likeness (QED) is 0.578. The van der Waals surface area contributed by atoms with Crippen LogP contribution in [0.4, 0.5) is 0 Å². The topological polar surface area (TPSA) is 121 Å². The zero-order chi connectivity index (χ0) is 17.6. The summed E-state index contributed by atoms with van der Waals surface area (Å²) in [5.74, 6) is 0.184. The van der Waals surface area contributed by atoms with Crippen LogP contribution in [-0.2, 0) is 6.42 Å². The first-order valence-corrected chi connectivity index (χ1v) is 8.40. The van der Waals surface area contributed by atoms with Crippen LogP contribution in [0.2, 0.25) is 0 Å². The third-order valence-electron chi connectivity index (χ3n) is 3.37. The molecule has 0 radical (unpaired) electrons. The number of nitrogens with one attached hydrogen (secondary N) is 1. The molecule has 0 unspecified atom stereocenters. The van der Waals surface area contributed by atoms with Crippen molar-refractivity contribution in [2.45, 2.75) is 12.5 Å². The summed E-state index contributed by atoms with van der Waals surface area (Å²) in [6, 6.07) is 11.0. The average molecular weight is 360 g/mol. The van der Waals surface area contributed by atoms with Gasteiger partial charge in [-0.3, -0.25) is 4.79 Å². The Morgan fingerprint density at radius 1 is 1.28 bits per heavy atom. The summed E-state index contributed by atoms with van der Waals surface area (Å²) >= 11 is 1.20. The van der Waals surface area contributed by atoms with Gasteiger partial charge in [0.2, 0.25) is 0 Å². The summed E-state index contributed by atoms with van der Waals surface area (Å²) in [5.41, 5.74) is 1.05. The molecule has 0 bridgehead atoms. The fourth-order valence-electron chi connectivity index (χ4n) is 2.07. The summed E-state index contributed by atoms with van der Waals surface area (Å²) in [6.07, 6.45) is -0.558. The molecule has 0 spiro atoms. The Labute approximate surface area is 147 Å². The molecule has 3 N–H and O–H groups in total. The van der Waals surface area contributed by atoms with Crippen LogP contribution in [0.3, 0.4) is 0 Å². The first kappa shape index (κ1) is 17.2. The van der Waals surface area contributed by atoms with Crippen LogP contribution in [0.25, 0.3) is 11.3 Å². The molecule has 1 atom stereocenters. The molecule has 2 heterocycles. The summed E-state index contributed by atoms with van der Waals surface area (Å²) in [7, 11) is 0. The van der Waals surface area contributed by atoms with Crippen LogP contribution in [0.1, 0.15) is 26.6 Å². The molecule has 9 heteroatoms. The molecular weight excluding hydrogens is 344 g/mol. The Morgan fingerprint density at radius 2 is 2.08 bits per heavy atom. The number of nitrogens with zero attached hydrogens (tertiary/aromatic N) is 3. The number of aliphatic hydroxyl groups is 2. The molecule has 2 aromatic heterocycles. The fraction of sp³-hybridized carbons (Fsp3) is 0.250. The van der Waals surface area contributed by atoms with Crippen molar-refractivity contribution in [2.24, 2.45) is 0 Å². The number of rotatable bonds is 7. The smallest absolute Gasteiger partial charge is 0.273 e. The van der Waals surface area contributed by atoms with Gasteiger partial charge in [0, 0.05) is 24.6 Å². The molecule has 0 saturated carbocycles. The molecule has 3 rings (SSSR count). The highest BCUT2D eigenvalue weighted by Crippen LogP contribution is 2.20. The second-order valence-corrected chi connectivity index (χ2v) is 6.27. The van der Waals surface area contributed by atoms with Crippen LogP contribution in [0.5, 0.6) is 0 Å². The van der Waals surface area contributed by atoms with Crippen molar-refractivity contribution >= 4 is 17.2 Å². The lowest BCUT2D eigenvalue weighted by Gasteiger charge is -2.00. The zero-order valence-corrected chi connectivity index (χ0v) is 13.9. The second-order valence-electron chi connectivity index (χ2n) is 5.18. The van der Waals surface area contributed by atoms with Crippen molar-refractivity contribution in [1.29, 1.82) is 0 Å². The van der Waals surface area contributed by atoms with Gasteiger partial charge in [-0.15, -0.1) is 10.2 Å². The minimum atomic E-state index is -1.02. The van der Waals surface area contributed by atoms with E-state index in [1.54, 1.807) is 6.07 Å². The predicted molar refractivity (Wildman–Crippen MR) is 89.9 cm³/mol. The van der Waals surface area contributed by atoms with Crippen molar-refractivity contribution in [1.82, 2.24) is 20.7 Å². The number of amides is 1. The fourth-order valence-corrected chi connectivity index (χ4v) is 2.89. The average Bonchev–Trinajstić information content (AvgIpc) is 3.31. The number of aliphatic hydroxyl groups excluding tert-OH is 2. The monoisotopic (exact) mass is 360 g/mol. The van der Waals surface area contributed by atoms with Crippen LogP contribution >= 0.6 is 11.3 Å². The second kappa shape index (κ2) is 7.97. The van der Waals surface area contributed by atoms with E-state index in [1.165, 1.54) is 11.3 Å². The van der Waals surface area contributed by atoms with Gasteiger partial charge in [-0.1, -0.05) is 46.8 Å². The predicted octanol–water partition coefficient (Wildman–Crippen LogP) is 1.19. The molecule has 3 aromatic rings. The van der Waals surface area contributed by atoms with Crippen molar-refractivity contribution in [3.8, 4) is 11.3 Å². The summed E-state index contributed by atoms with van der Waals surface area (Å²) < 4.78 is 5.20. The molecular formula is C16H16N4O4S. The Balaban J connectivity index is 1.53. The SMILES string of the molecule is O=C(NCCc1nnc([C@@H](O)CO)s1)c1cc(-c2ccccc2)on1. The number of hydrogen-bond acceptors (Lipinski definition) is 8. The lowest BCUT2D eigenvalue weighted by atomic mass is 10.1. The van der Waals surface area contributed by atoms with Crippen molar-refractivity contribution in [3.05, 3.63) is 52.1 Å². The Hall–Kier alpha value is -2.62. The Morgan fingerprint density at radius 3 is 2.84 bits per heavy atom. The van der Waals surface area contributed by atoms with Gasteiger partial charge in [-0.2, -0.15) is 0 Å². The third-order valence-corrected chi connectivity index (χ3v) is 4.45. The molecule has 0 aliphatic carbocycles. The molecule has 130 valence electrons. The largest absolute Gasteiger partial charge is 0.393 e. The normalized spacial score (nSPS) is 12.1. The third kappa shape index (κ3) is 4.27. The lowest BCUT2D eigenvalue weighted by molar-refractivity contribution is 0.0945. The zero-order valence-electron chi connectivity index (χ0n) is 13.1. The van der Waals surface area contributed by atoms with Gasteiger partial charge in [0.1, 0.15) is 16.1 Å².